The summed E-state index contributed by atoms with van der Waals surface area (Å²) in [5.41, 5.74) is 4.30. The van der Waals surface area contributed by atoms with Crippen molar-refractivity contribution in [2.75, 3.05) is 18.7 Å². The number of hydrogen-bond acceptors (Lipinski definition) is 7. The Balaban J connectivity index is 1.50. The van der Waals surface area contributed by atoms with Gasteiger partial charge in [-0.1, -0.05) is 11.6 Å². The van der Waals surface area contributed by atoms with Gasteiger partial charge in [0.25, 0.3) is 0 Å². The van der Waals surface area contributed by atoms with Crippen LogP contribution in [0.15, 0.2) is 39.9 Å². The molecule has 0 amide bonds. The SMILES string of the molecule is Cc1cc(C)c2nc(NC3=NCN(Cc4ccco4)CN3)nc(C)c2c1. The van der Waals surface area contributed by atoms with Crippen LogP contribution in [0.2, 0.25) is 0 Å². The van der Waals surface area contributed by atoms with E-state index in [4.69, 9.17) is 4.42 Å². The largest absolute Gasteiger partial charge is 0.468 e. The van der Waals surface area contributed by atoms with Gasteiger partial charge in [0, 0.05) is 5.39 Å². The van der Waals surface area contributed by atoms with Crippen molar-refractivity contribution >= 4 is 22.8 Å². The number of furan rings is 1. The Kier molecular flexibility index (Phi) is 4.30. The summed E-state index contributed by atoms with van der Waals surface area (Å²) in [4.78, 5) is 15.9. The molecule has 3 heterocycles. The molecule has 7 nitrogen and oxygen atoms in total. The van der Waals surface area contributed by atoms with E-state index >= 15 is 0 Å². The van der Waals surface area contributed by atoms with E-state index in [0.29, 0.717) is 25.2 Å². The number of guanidine groups is 1. The normalized spacial score (nSPS) is 15.0. The van der Waals surface area contributed by atoms with Crippen molar-refractivity contribution in [1.29, 1.82) is 0 Å². The average Bonchev–Trinajstić information content (AvgIpc) is 3.11. The van der Waals surface area contributed by atoms with E-state index in [1.807, 2.05) is 19.1 Å². The molecule has 2 N–H and O–H groups in total. The molecule has 0 saturated heterocycles. The van der Waals surface area contributed by atoms with E-state index in [0.717, 1.165) is 34.5 Å². The molecule has 0 atom stereocenters. The van der Waals surface area contributed by atoms with Crippen molar-refractivity contribution in [3.8, 4) is 0 Å². The first-order valence-electron chi connectivity index (χ1n) is 8.64. The van der Waals surface area contributed by atoms with Gasteiger partial charge < -0.3 is 9.73 Å². The zero-order valence-corrected chi connectivity index (χ0v) is 15.2. The molecular weight excluding hydrogens is 328 g/mol. The number of aromatic nitrogens is 2. The number of nitrogens with zero attached hydrogens (tertiary/aromatic N) is 4. The predicted molar refractivity (Wildman–Crippen MR) is 102 cm³/mol. The number of nitrogens with one attached hydrogen (secondary N) is 2. The van der Waals surface area contributed by atoms with E-state index in [1.165, 1.54) is 5.56 Å². The van der Waals surface area contributed by atoms with E-state index in [2.05, 4.69) is 56.5 Å². The molecule has 1 aromatic carbocycles. The van der Waals surface area contributed by atoms with Crippen LogP contribution in [0.3, 0.4) is 0 Å². The van der Waals surface area contributed by atoms with Gasteiger partial charge in [-0.05, 0) is 44.5 Å². The summed E-state index contributed by atoms with van der Waals surface area (Å²) in [6.07, 6.45) is 1.69. The van der Waals surface area contributed by atoms with Crippen molar-refractivity contribution in [3.63, 3.8) is 0 Å². The lowest BCUT2D eigenvalue weighted by Crippen LogP contribution is -2.45. The van der Waals surface area contributed by atoms with E-state index in [1.54, 1.807) is 6.26 Å². The molecule has 0 saturated carbocycles. The second-order valence-corrected chi connectivity index (χ2v) is 6.63. The number of rotatable bonds is 3. The molecule has 0 aliphatic carbocycles. The molecule has 0 unspecified atom stereocenters. The summed E-state index contributed by atoms with van der Waals surface area (Å²) >= 11 is 0. The summed E-state index contributed by atoms with van der Waals surface area (Å²) in [6, 6.07) is 8.13. The fourth-order valence-corrected chi connectivity index (χ4v) is 3.17. The summed E-state index contributed by atoms with van der Waals surface area (Å²) < 4.78 is 5.38. The number of aliphatic imine (C=N–C) groups is 1. The molecule has 0 fully saturated rings. The van der Waals surface area contributed by atoms with Gasteiger partial charge in [-0.3, -0.25) is 10.2 Å². The standard InChI is InChI=1S/C19H22N6O/c1-12-7-13(2)17-16(8-12)14(3)22-19(23-17)24-18-20-10-25(11-21-18)9-15-5-4-6-26-15/h4-8H,9-11H2,1-3H3,(H2,20,21,22,23,24). The molecule has 4 rings (SSSR count). The first-order valence-corrected chi connectivity index (χ1v) is 8.64. The smallest absolute Gasteiger partial charge is 0.230 e. The highest BCUT2D eigenvalue weighted by molar-refractivity contribution is 5.94. The number of anilines is 1. The third kappa shape index (κ3) is 3.39. The highest BCUT2D eigenvalue weighted by atomic mass is 16.3. The molecule has 2 aromatic heterocycles. The molecule has 3 aromatic rings. The molecule has 26 heavy (non-hydrogen) atoms. The minimum absolute atomic E-state index is 0.563. The quantitative estimate of drug-likeness (QED) is 0.756. The maximum absolute atomic E-state index is 5.38. The maximum Gasteiger partial charge on any atom is 0.230 e. The molecule has 0 spiro atoms. The summed E-state index contributed by atoms with van der Waals surface area (Å²) in [5.74, 6) is 2.18. The van der Waals surface area contributed by atoms with Gasteiger partial charge >= 0.3 is 0 Å². The fraction of sp³-hybridized carbons (Fsp3) is 0.316. The number of hydrogen-bond donors (Lipinski definition) is 2. The van der Waals surface area contributed by atoms with Crippen molar-refractivity contribution in [2.24, 2.45) is 4.99 Å². The third-order valence-electron chi connectivity index (χ3n) is 4.41. The first kappa shape index (κ1) is 16.5. The van der Waals surface area contributed by atoms with Crippen LogP contribution in [0, 0.1) is 20.8 Å². The second-order valence-electron chi connectivity index (χ2n) is 6.63. The fourth-order valence-electron chi connectivity index (χ4n) is 3.17. The maximum atomic E-state index is 5.38. The Morgan fingerprint density at radius 3 is 2.85 bits per heavy atom. The minimum Gasteiger partial charge on any atom is -0.468 e. The lowest BCUT2D eigenvalue weighted by atomic mass is 10.1. The highest BCUT2D eigenvalue weighted by Crippen LogP contribution is 2.22. The highest BCUT2D eigenvalue weighted by Gasteiger charge is 2.15. The monoisotopic (exact) mass is 350 g/mol. The Labute approximate surface area is 152 Å². The van der Waals surface area contributed by atoms with Gasteiger partial charge in [0.05, 0.1) is 37.4 Å². The Morgan fingerprint density at radius 2 is 2.12 bits per heavy atom. The van der Waals surface area contributed by atoms with Gasteiger partial charge in [0.15, 0.2) is 0 Å². The molecule has 0 radical (unpaired) electrons. The van der Waals surface area contributed by atoms with Crippen molar-refractivity contribution in [2.45, 2.75) is 27.3 Å². The zero-order chi connectivity index (χ0) is 18.1. The van der Waals surface area contributed by atoms with Crippen LogP contribution in [0.1, 0.15) is 22.6 Å². The lowest BCUT2D eigenvalue weighted by molar-refractivity contribution is 0.236. The lowest BCUT2D eigenvalue weighted by Gasteiger charge is -2.26. The van der Waals surface area contributed by atoms with Gasteiger partial charge in [0.2, 0.25) is 11.9 Å². The topological polar surface area (TPSA) is 78.6 Å². The van der Waals surface area contributed by atoms with Crippen LogP contribution in [0.5, 0.6) is 0 Å². The Hall–Kier alpha value is -2.93. The van der Waals surface area contributed by atoms with E-state index in [-0.39, 0.29) is 0 Å². The summed E-state index contributed by atoms with van der Waals surface area (Å²) in [5, 5.41) is 7.56. The summed E-state index contributed by atoms with van der Waals surface area (Å²) in [6.45, 7) is 8.16. The molecule has 0 bridgehead atoms. The third-order valence-corrected chi connectivity index (χ3v) is 4.41. The Bertz CT molecular complexity index is 964. The number of aryl methyl sites for hydroxylation is 3. The van der Waals surface area contributed by atoms with Gasteiger partial charge in [0.1, 0.15) is 5.76 Å². The second kappa shape index (κ2) is 6.76. The first-order chi connectivity index (χ1) is 12.6. The molecule has 7 heteroatoms. The van der Waals surface area contributed by atoms with Crippen LogP contribution in [0.4, 0.5) is 5.95 Å². The predicted octanol–water partition coefficient (Wildman–Crippen LogP) is 2.94. The minimum atomic E-state index is 0.563. The van der Waals surface area contributed by atoms with Crippen LogP contribution in [0.25, 0.3) is 10.9 Å². The Morgan fingerprint density at radius 1 is 1.23 bits per heavy atom. The number of fused-ring (bicyclic) bond motifs is 1. The molecule has 134 valence electrons. The van der Waals surface area contributed by atoms with E-state index in [9.17, 15) is 0 Å². The van der Waals surface area contributed by atoms with Crippen molar-refractivity contribution in [1.82, 2.24) is 20.2 Å². The van der Waals surface area contributed by atoms with Gasteiger partial charge in [-0.25, -0.2) is 15.0 Å². The van der Waals surface area contributed by atoms with Crippen LogP contribution in [-0.4, -0.2) is 34.2 Å². The van der Waals surface area contributed by atoms with Crippen LogP contribution in [-0.2, 0) is 6.54 Å². The molecular formula is C19H22N6O. The van der Waals surface area contributed by atoms with Crippen LogP contribution < -0.4 is 10.6 Å². The van der Waals surface area contributed by atoms with Gasteiger partial charge in [-0.2, -0.15) is 0 Å². The molecule has 1 aliphatic rings. The van der Waals surface area contributed by atoms with E-state index < -0.39 is 0 Å². The van der Waals surface area contributed by atoms with Crippen molar-refractivity contribution < 1.29 is 4.42 Å². The molecule has 1 aliphatic heterocycles. The van der Waals surface area contributed by atoms with Crippen LogP contribution >= 0.6 is 0 Å². The van der Waals surface area contributed by atoms with Gasteiger partial charge in [-0.15, -0.1) is 0 Å². The van der Waals surface area contributed by atoms with Crippen molar-refractivity contribution in [3.05, 3.63) is 53.1 Å². The average molecular weight is 350 g/mol. The number of benzene rings is 1. The summed E-state index contributed by atoms with van der Waals surface area (Å²) in [7, 11) is 0. The zero-order valence-electron chi connectivity index (χ0n) is 15.2.